The molecule has 0 aliphatic carbocycles. The van der Waals surface area contributed by atoms with E-state index in [1.807, 2.05) is 0 Å². The number of aliphatic hydroxyl groups is 1. The fourth-order valence-corrected chi connectivity index (χ4v) is 2.14. The van der Waals surface area contributed by atoms with Gasteiger partial charge in [-0.2, -0.15) is 0 Å². The zero-order chi connectivity index (χ0) is 15.3. The highest BCUT2D eigenvalue weighted by Gasteiger charge is 2.27. The lowest BCUT2D eigenvalue weighted by Gasteiger charge is -2.24. The van der Waals surface area contributed by atoms with Gasteiger partial charge in [0.2, 0.25) is 0 Å². The largest absolute Gasteiger partial charge is 0.508 e. The van der Waals surface area contributed by atoms with E-state index >= 15 is 0 Å². The van der Waals surface area contributed by atoms with Crippen molar-refractivity contribution in [2.75, 3.05) is 0 Å². The van der Waals surface area contributed by atoms with Gasteiger partial charge in [-0.25, -0.2) is 4.39 Å². The quantitative estimate of drug-likeness (QED) is 0.814. The fraction of sp³-hybridized carbons (Fsp3) is 0.111. The molecule has 108 valence electrons. The van der Waals surface area contributed by atoms with Gasteiger partial charge in [0, 0.05) is 12.0 Å². The molecular weight excluding hydrogens is 267 g/mol. The lowest BCUT2D eigenvalue weighted by molar-refractivity contribution is 0.0909. The Morgan fingerprint density at radius 3 is 2.38 bits per heavy atom. The van der Waals surface area contributed by atoms with E-state index in [0.717, 1.165) is 5.56 Å². The number of aromatic hydroxyl groups is 1. The number of hydrogen-bond acceptors (Lipinski definition) is 2. The molecule has 0 bridgehead atoms. The molecule has 1 atom stereocenters. The molecule has 0 aromatic heterocycles. The van der Waals surface area contributed by atoms with E-state index in [9.17, 15) is 14.6 Å². The third-order valence-corrected chi connectivity index (χ3v) is 3.25. The van der Waals surface area contributed by atoms with Crippen LogP contribution < -0.4 is 0 Å². The van der Waals surface area contributed by atoms with E-state index in [2.05, 4.69) is 6.58 Å². The number of benzene rings is 2. The molecule has 0 saturated carbocycles. The Labute approximate surface area is 123 Å². The summed E-state index contributed by atoms with van der Waals surface area (Å²) in [6, 6.07) is 12.6. The van der Waals surface area contributed by atoms with Crippen LogP contribution in [0.25, 0.3) is 6.08 Å². The van der Waals surface area contributed by atoms with Gasteiger partial charge in [-0.3, -0.25) is 0 Å². The first-order valence-electron chi connectivity index (χ1n) is 6.62. The van der Waals surface area contributed by atoms with Crippen LogP contribution in [0, 0.1) is 5.82 Å². The maximum atomic E-state index is 12.9. The van der Waals surface area contributed by atoms with Gasteiger partial charge in [-0.05, 0) is 29.8 Å². The average Bonchev–Trinajstić information content (AvgIpc) is 2.47. The molecule has 3 heteroatoms. The Morgan fingerprint density at radius 2 is 1.76 bits per heavy atom. The smallest absolute Gasteiger partial charge is 0.123 e. The first-order valence-corrected chi connectivity index (χ1v) is 6.62. The van der Waals surface area contributed by atoms with Gasteiger partial charge >= 0.3 is 0 Å². The van der Waals surface area contributed by atoms with Gasteiger partial charge in [0.25, 0.3) is 0 Å². The van der Waals surface area contributed by atoms with Crippen molar-refractivity contribution >= 4 is 6.08 Å². The van der Waals surface area contributed by atoms with E-state index in [4.69, 9.17) is 0 Å². The summed E-state index contributed by atoms with van der Waals surface area (Å²) in [5.41, 5.74) is -0.195. The summed E-state index contributed by atoms with van der Waals surface area (Å²) >= 11 is 0. The van der Waals surface area contributed by atoms with Gasteiger partial charge < -0.3 is 10.2 Å². The normalized spacial score (nSPS) is 14.0. The average molecular weight is 284 g/mol. The van der Waals surface area contributed by atoms with Crippen molar-refractivity contribution in [3.05, 3.63) is 84.2 Å². The van der Waals surface area contributed by atoms with Gasteiger partial charge in [0.05, 0.1) is 0 Å². The molecular formula is C18H17FO2. The number of phenols is 1. The minimum atomic E-state index is -1.36. The molecule has 0 aliphatic heterocycles. The van der Waals surface area contributed by atoms with Crippen LogP contribution in [0.2, 0.25) is 0 Å². The number of rotatable bonds is 5. The van der Waals surface area contributed by atoms with Crippen molar-refractivity contribution in [3.63, 3.8) is 0 Å². The topological polar surface area (TPSA) is 40.5 Å². The molecule has 0 amide bonds. The number of para-hydroxylation sites is 1. The SMILES string of the molecule is C=CCC(O)(/C=C/c1ccc(F)cc1)c1ccccc1O. The zero-order valence-electron chi connectivity index (χ0n) is 11.5. The monoisotopic (exact) mass is 284 g/mol. The second kappa shape index (κ2) is 6.37. The van der Waals surface area contributed by atoms with Crippen molar-refractivity contribution in [2.45, 2.75) is 12.0 Å². The van der Waals surface area contributed by atoms with Crippen LogP contribution in [0.1, 0.15) is 17.5 Å². The van der Waals surface area contributed by atoms with Crippen molar-refractivity contribution in [1.82, 2.24) is 0 Å². The Bertz CT molecular complexity index is 647. The first-order chi connectivity index (χ1) is 10.0. The highest BCUT2D eigenvalue weighted by molar-refractivity contribution is 5.53. The third kappa shape index (κ3) is 3.58. The van der Waals surface area contributed by atoms with Crippen LogP contribution in [0.3, 0.4) is 0 Å². The molecule has 0 radical (unpaired) electrons. The minimum absolute atomic E-state index is 0.0191. The van der Waals surface area contributed by atoms with Crippen molar-refractivity contribution in [2.24, 2.45) is 0 Å². The lowest BCUT2D eigenvalue weighted by atomic mass is 9.88. The molecule has 1 unspecified atom stereocenters. The predicted octanol–water partition coefficient (Wildman–Crippen LogP) is 4.01. The summed E-state index contributed by atoms with van der Waals surface area (Å²) in [7, 11) is 0. The first kappa shape index (κ1) is 15.0. The predicted molar refractivity (Wildman–Crippen MR) is 82.3 cm³/mol. The highest BCUT2D eigenvalue weighted by Crippen LogP contribution is 2.34. The Morgan fingerprint density at radius 1 is 1.10 bits per heavy atom. The third-order valence-electron chi connectivity index (χ3n) is 3.25. The molecule has 2 N–H and O–H groups in total. The standard InChI is InChI=1S/C18H17FO2/c1-2-12-18(21,16-5-3-4-6-17(16)20)13-11-14-7-9-15(19)10-8-14/h2-11,13,20-21H,1,12H2/b13-11+. The van der Waals surface area contributed by atoms with Gasteiger partial charge in [-0.1, -0.05) is 42.5 Å². The van der Waals surface area contributed by atoms with Crippen LogP contribution >= 0.6 is 0 Å². The Kier molecular flexibility index (Phi) is 4.55. The lowest BCUT2D eigenvalue weighted by Crippen LogP contribution is -2.22. The molecule has 0 saturated heterocycles. The fourth-order valence-electron chi connectivity index (χ4n) is 2.14. The van der Waals surface area contributed by atoms with E-state index in [-0.39, 0.29) is 18.0 Å². The summed E-state index contributed by atoms with van der Waals surface area (Å²) in [6.07, 6.45) is 5.11. The van der Waals surface area contributed by atoms with Crippen LogP contribution in [-0.2, 0) is 5.60 Å². The molecule has 0 fully saturated rings. The van der Waals surface area contributed by atoms with E-state index in [0.29, 0.717) is 5.56 Å². The maximum Gasteiger partial charge on any atom is 0.123 e. The summed E-state index contributed by atoms with van der Waals surface area (Å²) in [4.78, 5) is 0. The summed E-state index contributed by atoms with van der Waals surface area (Å²) in [5, 5.41) is 20.7. The summed E-state index contributed by atoms with van der Waals surface area (Å²) < 4.78 is 12.9. The maximum absolute atomic E-state index is 12.9. The van der Waals surface area contributed by atoms with Crippen LogP contribution in [0.15, 0.2) is 67.3 Å². The molecule has 0 heterocycles. The van der Waals surface area contributed by atoms with Crippen LogP contribution in [-0.4, -0.2) is 10.2 Å². The molecule has 2 rings (SSSR count). The number of phenolic OH excluding ortho intramolecular Hbond substituents is 1. The minimum Gasteiger partial charge on any atom is -0.508 e. The second-order valence-electron chi connectivity index (χ2n) is 4.82. The van der Waals surface area contributed by atoms with E-state index in [1.165, 1.54) is 18.2 Å². The summed E-state index contributed by atoms with van der Waals surface area (Å²) in [6.45, 7) is 3.64. The Balaban J connectivity index is 2.36. The molecule has 0 aliphatic rings. The Hall–Kier alpha value is -2.39. The molecule has 2 aromatic rings. The molecule has 21 heavy (non-hydrogen) atoms. The van der Waals surface area contributed by atoms with Crippen LogP contribution in [0.4, 0.5) is 4.39 Å². The number of hydrogen-bond donors (Lipinski definition) is 2. The molecule has 2 nitrogen and oxygen atoms in total. The number of halogens is 1. The van der Waals surface area contributed by atoms with Gasteiger partial charge in [0.1, 0.15) is 17.2 Å². The van der Waals surface area contributed by atoms with Crippen molar-refractivity contribution < 1.29 is 14.6 Å². The molecule has 0 spiro atoms. The van der Waals surface area contributed by atoms with Crippen molar-refractivity contribution in [3.8, 4) is 5.75 Å². The molecule has 2 aromatic carbocycles. The zero-order valence-corrected chi connectivity index (χ0v) is 11.5. The van der Waals surface area contributed by atoms with Gasteiger partial charge in [-0.15, -0.1) is 6.58 Å². The second-order valence-corrected chi connectivity index (χ2v) is 4.82. The van der Waals surface area contributed by atoms with E-state index < -0.39 is 5.60 Å². The summed E-state index contributed by atoms with van der Waals surface area (Å²) in [5.74, 6) is -0.292. The highest BCUT2D eigenvalue weighted by atomic mass is 19.1. The van der Waals surface area contributed by atoms with Gasteiger partial charge in [0.15, 0.2) is 0 Å². The van der Waals surface area contributed by atoms with Crippen molar-refractivity contribution in [1.29, 1.82) is 0 Å². The van der Waals surface area contributed by atoms with E-state index in [1.54, 1.807) is 48.6 Å². The van der Waals surface area contributed by atoms with Crippen LogP contribution in [0.5, 0.6) is 5.75 Å².